The summed E-state index contributed by atoms with van der Waals surface area (Å²) < 4.78 is 0. The number of carbonyl (C=O) groups excluding carboxylic acids is 2. The maximum absolute atomic E-state index is 11.8. The minimum atomic E-state index is -0.263. The van der Waals surface area contributed by atoms with Gasteiger partial charge < -0.3 is 10.2 Å². The third kappa shape index (κ3) is 2.12. The summed E-state index contributed by atoms with van der Waals surface area (Å²) in [5, 5.41) is 12.3. The fourth-order valence-electron chi connectivity index (χ4n) is 1.45. The fraction of sp³-hybridized carbons (Fsp3) is 0.500. The van der Waals surface area contributed by atoms with Crippen LogP contribution < -0.4 is 5.32 Å². The van der Waals surface area contributed by atoms with Crippen molar-refractivity contribution < 1.29 is 9.59 Å². The molecule has 2 heterocycles. The number of aromatic nitrogens is 3. The summed E-state index contributed by atoms with van der Waals surface area (Å²) >= 11 is 0. The van der Waals surface area contributed by atoms with Gasteiger partial charge in [0.25, 0.3) is 5.91 Å². The quantitative estimate of drug-likeness (QED) is 0.605. The van der Waals surface area contributed by atoms with Crippen molar-refractivity contribution in [2.45, 2.75) is 6.42 Å². The van der Waals surface area contributed by atoms with Crippen LogP contribution in [0.5, 0.6) is 0 Å². The molecule has 0 bridgehead atoms. The smallest absolute Gasteiger partial charge is 0.276 e. The van der Waals surface area contributed by atoms with Gasteiger partial charge in [0.05, 0.1) is 12.7 Å². The summed E-state index contributed by atoms with van der Waals surface area (Å²) in [5.74, 6) is -0.398. The van der Waals surface area contributed by atoms with E-state index in [0.717, 1.165) is 6.42 Å². The van der Waals surface area contributed by atoms with Gasteiger partial charge in [-0.25, -0.2) is 0 Å². The van der Waals surface area contributed by atoms with Gasteiger partial charge in [0.15, 0.2) is 5.69 Å². The van der Waals surface area contributed by atoms with Crippen LogP contribution in [0.2, 0.25) is 0 Å². The molecule has 0 spiro atoms. The minimum absolute atomic E-state index is 0.0890. The predicted molar refractivity (Wildman–Crippen MR) is 49.9 cm³/mol. The highest BCUT2D eigenvalue weighted by Crippen LogP contribution is 2.02. The van der Waals surface area contributed by atoms with E-state index in [9.17, 15) is 9.59 Å². The Labute approximate surface area is 85.8 Å². The maximum Gasteiger partial charge on any atom is 0.276 e. The van der Waals surface area contributed by atoms with E-state index in [1.807, 2.05) is 0 Å². The third-order valence-corrected chi connectivity index (χ3v) is 2.18. The van der Waals surface area contributed by atoms with E-state index in [-0.39, 0.29) is 24.1 Å². The molecule has 7 heteroatoms. The number of aromatic amines is 1. The molecule has 0 saturated carbocycles. The van der Waals surface area contributed by atoms with Crippen molar-refractivity contribution in [3.63, 3.8) is 0 Å². The summed E-state index contributed by atoms with van der Waals surface area (Å²) in [5.41, 5.74) is 0.240. The molecule has 2 amide bonds. The number of rotatable bonds is 1. The molecule has 2 rings (SSSR count). The largest absolute Gasteiger partial charge is 0.354 e. The third-order valence-electron chi connectivity index (χ3n) is 2.18. The molecule has 0 aromatic carbocycles. The fourth-order valence-corrected chi connectivity index (χ4v) is 1.45. The van der Waals surface area contributed by atoms with Crippen LogP contribution in [0, 0.1) is 0 Å². The van der Waals surface area contributed by atoms with Crippen molar-refractivity contribution in [2.75, 3.05) is 19.6 Å². The van der Waals surface area contributed by atoms with Crippen molar-refractivity contribution in [3.8, 4) is 0 Å². The van der Waals surface area contributed by atoms with Crippen molar-refractivity contribution in [3.05, 3.63) is 11.9 Å². The minimum Gasteiger partial charge on any atom is -0.354 e. The molecule has 0 radical (unpaired) electrons. The van der Waals surface area contributed by atoms with Crippen LogP contribution >= 0.6 is 0 Å². The molecule has 1 aliphatic rings. The lowest BCUT2D eigenvalue weighted by molar-refractivity contribution is -0.121. The van der Waals surface area contributed by atoms with Gasteiger partial charge in [0.2, 0.25) is 5.91 Å². The first-order valence-electron chi connectivity index (χ1n) is 4.69. The Bertz CT molecular complexity index is 361. The van der Waals surface area contributed by atoms with Crippen molar-refractivity contribution in [2.24, 2.45) is 0 Å². The van der Waals surface area contributed by atoms with Crippen LogP contribution in [0.3, 0.4) is 0 Å². The van der Waals surface area contributed by atoms with Gasteiger partial charge in [-0.1, -0.05) is 0 Å². The van der Waals surface area contributed by atoms with Gasteiger partial charge in [0, 0.05) is 13.1 Å². The Kier molecular flexibility index (Phi) is 2.61. The number of hydrogen-bond donors (Lipinski definition) is 2. The zero-order valence-corrected chi connectivity index (χ0v) is 8.06. The molecule has 1 aliphatic heterocycles. The predicted octanol–water partition coefficient (Wildman–Crippen LogP) is -1.23. The lowest BCUT2D eigenvalue weighted by Crippen LogP contribution is -2.37. The van der Waals surface area contributed by atoms with E-state index in [0.29, 0.717) is 13.1 Å². The molecule has 1 aromatic heterocycles. The van der Waals surface area contributed by atoms with Gasteiger partial charge in [-0.3, -0.25) is 9.59 Å². The van der Waals surface area contributed by atoms with Gasteiger partial charge in [-0.2, -0.15) is 15.4 Å². The molecule has 0 unspecified atom stereocenters. The molecule has 15 heavy (non-hydrogen) atoms. The van der Waals surface area contributed by atoms with Gasteiger partial charge in [-0.05, 0) is 6.42 Å². The Balaban J connectivity index is 2.09. The van der Waals surface area contributed by atoms with E-state index in [2.05, 4.69) is 20.7 Å². The topological polar surface area (TPSA) is 91.0 Å². The second-order valence-corrected chi connectivity index (χ2v) is 3.29. The molecule has 0 aliphatic carbocycles. The first-order chi connectivity index (χ1) is 7.27. The molecular formula is C8H11N5O2. The lowest BCUT2D eigenvalue weighted by atomic mass is 10.3. The summed E-state index contributed by atoms with van der Waals surface area (Å²) in [6, 6.07) is 0. The Morgan fingerprint density at radius 2 is 2.40 bits per heavy atom. The summed E-state index contributed by atoms with van der Waals surface area (Å²) in [6.07, 6.45) is 2.11. The molecule has 2 N–H and O–H groups in total. The molecule has 7 nitrogen and oxygen atoms in total. The number of amides is 2. The summed E-state index contributed by atoms with van der Waals surface area (Å²) in [6.45, 7) is 1.26. The van der Waals surface area contributed by atoms with Crippen LogP contribution in [-0.2, 0) is 4.79 Å². The molecule has 1 saturated heterocycles. The number of nitrogens with zero attached hydrogens (tertiary/aromatic N) is 3. The second-order valence-electron chi connectivity index (χ2n) is 3.29. The first kappa shape index (κ1) is 9.63. The standard InChI is InChI=1S/C8H11N5O2/c14-7-5-13(3-1-2-9-7)8(15)6-4-10-12-11-6/h4H,1-3,5H2,(H,9,14)(H,10,11,12). The van der Waals surface area contributed by atoms with Crippen LogP contribution in [0.1, 0.15) is 16.9 Å². The van der Waals surface area contributed by atoms with E-state index in [4.69, 9.17) is 0 Å². The van der Waals surface area contributed by atoms with Crippen LogP contribution in [-0.4, -0.2) is 51.8 Å². The Hall–Kier alpha value is -1.92. The highest BCUT2D eigenvalue weighted by atomic mass is 16.2. The van der Waals surface area contributed by atoms with Crippen molar-refractivity contribution in [1.82, 2.24) is 25.6 Å². The second kappa shape index (κ2) is 4.07. The van der Waals surface area contributed by atoms with Gasteiger partial charge in [0.1, 0.15) is 0 Å². The number of hydrogen-bond acceptors (Lipinski definition) is 4. The van der Waals surface area contributed by atoms with Crippen LogP contribution in [0.4, 0.5) is 0 Å². The van der Waals surface area contributed by atoms with E-state index in [1.54, 1.807) is 0 Å². The van der Waals surface area contributed by atoms with Gasteiger partial charge >= 0.3 is 0 Å². The molecule has 1 fully saturated rings. The lowest BCUT2D eigenvalue weighted by Gasteiger charge is -2.16. The number of H-pyrrole nitrogens is 1. The monoisotopic (exact) mass is 209 g/mol. The molecule has 0 atom stereocenters. The van der Waals surface area contributed by atoms with Crippen molar-refractivity contribution in [1.29, 1.82) is 0 Å². The Morgan fingerprint density at radius 3 is 3.13 bits per heavy atom. The van der Waals surface area contributed by atoms with E-state index >= 15 is 0 Å². The summed E-state index contributed by atoms with van der Waals surface area (Å²) in [7, 11) is 0. The average molecular weight is 209 g/mol. The zero-order chi connectivity index (χ0) is 10.7. The van der Waals surface area contributed by atoms with E-state index in [1.165, 1.54) is 11.1 Å². The Morgan fingerprint density at radius 1 is 1.53 bits per heavy atom. The molecule has 1 aromatic rings. The highest BCUT2D eigenvalue weighted by Gasteiger charge is 2.22. The molecular weight excluding hydrogens is 198 g/mol. The molecule has 80 valence electrons. The SMILES string of the molecule is O=C1CN(C(=O)c2cn[nH]n2)CCCN1. The number of nitrogens with one attached hydrogen (secondary N) is 2. The highest BCUT2D eigenvalue weighted by molar-refractivity contribution is 5.94. The van der Waals surface area contributed by atoms with Crippen LogP contribution in [0.25, 0.3) is 0 Å². The number of carbonyl (C=O) groups is 2. The van der Waals surface area contributed by atoms with E-state index < -0.39 is 0 Å². The zero-order valence-electron chi connectivity index (χ0n) is 8.06. The maximum atomic E-state index is 11.8. The van der Waals surface area contributed by atoms with Gasteiger partial charge in [-0.15, -0.1) is 0 Å². The normalized spacial score (nSPS) is 17.1. The van der Waals surface area contributed by atoms with Crippen molar-refractivity contribution >= 4 is 11.8 Å². The average Bonchev–Trinajstić information content (AvgIpc) is 2.67. The summed E-state index contributed by atoms with van der Waals surface area (Å²) in [4.78, 5) is 24.5. The first-order valence-corrected chi connectivity index (χ1v) is 4.69. The van der Waals surface area contributed by atoms with Crippen LogP contribution in [0.15, 0.2) is 6.20 Å².